The van der Waals surface area contributed by atoms with Crippen molar-refractivity contribution in [3.05, 3.63) is 53.0 Å². The smallest absolute Gasteiger partial charge is 0.352 e. The fourth-order valence-corrected chi connectivity index (χ4v) is 5.77. The molecule has 0 spiro atoms. The fraction of sp³-hybridized carbons (Fsp3) is 0.350. The molecule has 1 aromatic heterocycles. The minimum atomic E-state index is -1.41. The van der Waals surface area contributed by atoms with Gasteiger partial charge in [0.05, 0.1) is 0 Å². The Balaban J connectivity index is 1.44. The number of carbonyl (C=O) groups is 3. The third kappa shape index (κ3) is 4.25. The van der Waals surface area contributed by atoms with Gasteiger partial charge < -0.3 is 15.5 Å². The molecule has 12 heteroatoms. The van der Waals surface area contributed by atoms with Gasteiger partial charge in [-0.3, -0.25) is 19.6 Å². The topological polar surface area (TPSA) is 149 Å². The number of amides is 2. The van der Waals surface area contributed by atoms with Crippen LogP contribution in [0.4, 0.5) is 0 Å². The van der Waals surface area contributed by atoms with Crippen molar-refractivity contribution in [3.8, 4) is 0 Å². The Bertz CT molecular complexity index is 1070. The Morgan fingerprint density at radius 1 is 1.38 bits per heavy atom. The number of hydrogen-bond donors (Lipinski definition) is 4. The maximum absolute atomic E-state index is 12.7. The summed E-state index contributed by atoms with van der Waals surface area (Å²) in [5, 5.41) is 29.5. The zero-order valence-electron chi connectivity index (χ0n) is 17.0. The highest BCUT2D eigenvalue weighted by molar-refractivity contribution is 8.01. The molecule has 2 amide bonds. The number of nitrogens with zero attached hydrogens (tertiary/aromatic N) is 3. The van der Waals surface area contributed by atoms with Gasteiger partial charge in [0.2, 0.25) is 5.16 Å². The summed E-state index contributed by atoms with van der Waals surface area (Å²) in [6.07, 6.45) is -0.704. The molecule has 2 aliphatic rings. The molecule has 1 saturated heterocycles. The normalized spacial score (nSPS) is 21.1. The highest BCUT2D eigenvalue weighted by Crippen LogP contribution is 2.41. The van der Waals surface area contributed by atoms with Gasteiger partial charge in [-0.15, -0.1) is 16.9 Å². The summed E-state index contributed by atoms with van der Waals surface area (Å²) in [4.78, 5) is 42.7. The van der Waals surface area contributed by atoms with Gasteiger partial charge in [0.25, 0.3) is 11.8 Å². The van der Waals surface area contributed by atoms with Gasteiger partial charge in [-0.05, 0) is 11.1 Å². The lowest BCUT2D eigenvalue weighted by molar-refractivity contribution is -0.151. The van der Waals surface area contributed by atoms with Crippen molar-refractivity contribution in [2.24, 2.45) is 0 Å². The van der Waals surface area contributed by atoms with Crippen LogP contribution in [0.1, 0.15) is 24.4 Å². The van der Waals surface area contributed by atoms with Crippen LogP contribution in [0.2, 0.25) is 0 Å². The van der Waals surface area contributed by atoms with E-state index in [9.17, 15) is 24.6 Å². The third-order valence-electron chi connectivity index (χ3n) is 5.13. The molecule has 10 nitrogen and oxygen atoms in total. The summed E-state index contributed by atoms with van der Waals surface area (Å²) in [5.41, 5.74) is 0.939. The van der Waals surface area contributed by atoms with Crippen LogP contribution in [0.15, 0.2) is 46.8 Å². The summed E-state index contributed by atoms with van der Waals surface area (Å²) in [5.74, 6) is -0.947. The van der Waals surface area contributed by atoms with Crippen molar-refractivity contribution in [2.75, 3.05) is 11.5 Å². The number of aryl methyl sites for hydroxylation is 1. The van der Waals surface area contributed by atoms with E-state index in [0.717, 1.165) is 5.82 Å². The molecule has 4 N–H and O–H groups in total. The first kappa shape index (κ1) is 22.4. The molecule has 0 radical (unpaired) electrons. The predicted octanol–water partition coefficient (Wildman–Crippen LogP) is 0.931. The summed E-state index contributed by atoms with van der Waals surface area (Å²) in [7, 11) is 0. The monoisotopic (exact) mass is 475 g/mol. The molecule has 3 heterocycles. The molecule has 1 aromatic carbocycles. The van der Waals surface area contributed by atoms with Gasteiger partial charge in [0.15, 0.2) is 6.10 Å². The molecule has 0 bridgehead atoms. The first-order valence-corrected chi connectivity index (χ1v) is 11.9. The van der Waals surface area contributed by atoms with E-state index in [-0.39, 0.29) is 5.70 Å². The van der Waals surface area contributed by atoms with Crippen molar-refractivity contribution in [3.63, 3.8) is 0 Å². The van der Waals surface area contributed by atoms with Crippen LogP contribution in [0.3, 0.4) is 0 Å². The number of aliphatic carboxylic acids is 1. The number of H-pyrrole nitrogens is 1. The van der Waals surface area contributed by atoms with Crippen molar-refractivity contribution >= 4 is 41.3 Å². The summed E-state index contributed by atoms with van der Waals surface area (Å²) in [6.45, 7) is 1.95. The second-order valence-electron chi connectivity index (χ2n) is 7.17. The minimum absolute atomic E-state index is 0.0633. The lowest BCUT2D eigenvalue weighted by atomic mass is 10.0. The molecule has 3 atom stereocenters. The quantitative estimate of drug-likeness (QED) is 0.323. The largest absolute Gasteiger partial charge is 0.477 e. The van der Waals surface area contributed by atoms with E-state index in [2.05, 4.69) is 20.5 Å². The zero-order chi connectivity index (χ0) is 22.8. The van der Waals surface area contributed by atoms with Crippen molar-refractivity contribution in [1.29, 1.82) is 0 Å². The number of hydrogen-bond acceptors (Lipinski definition) is 8. The van der Waals surface area contributed by atoms with Crippen LogP contribution >= 0.6 is 23.5 Å². The van der Waals surface area contributed by atoms with E-state index < -0.39 is 35.3 Å². The van der Waals surface area contributed by atoms with Crippen LogP contribution in [-0.4, -0.2) is 71.0 Å². The van der Waals surface area contributed by atoms with E-state index in [1.807, 2.05) is 6.92 Å². The minimum Gasteiger partial charge on any atom is -0.477 e. The van der Waals surface area contributed by atoms with Gasteiger partial charge >= 0.3 is 5.97 Å². The average Bonchev–Trinajstić information content (AvgIpc) is 3.28. The highest BCUT2D eigenvalue weighted by Gasteiger charge is 2.54. The molecule has 0 saturated carbocycles. The fourth-order valence-electron chi connectivity index (χ4n) is 3.47. The van der Waals surface area contributed by atoms with Gasteiger partial charge in [-0.25, -0.2) is 9.78 Å². The van der Waals surface area contributed by atoms with Gasteiger partial charge in [-0.1, -0.05) is 49.0 Å². The number of aromatic nitrogens is 3. The van der Waals surface area contributed by atoms with E-state index in [1.54, 1.807) is 30.3 Å². The highest BCUT2D eigenvalue weighted by atomic mass is 32.2. The number of rotatable bonds is 8. The molecular formula is C20H21N5O5S2. The van der Waals surface area contributed by atoms with E-state index in [0.29, 0.717) is 34.2 Å². The molecule has 1 fully saturated rings. The SMILES string of the molecule is CCc1nc(SCC2=C(C(=O)O)N3C(=O)C(NC(=O)C(O)c4ccccc4)[C@@H]3SC2)n[nH]1. The lowest BCUT2D eigenvalue weighted by Crippen LogP contribution is -2.70. The Hall–Kier alpha value is -2.83. The van der Waals surface area contributed by atoms with E-state index in [1.165, 1.54) is 28.4 Å². The Morgan fingerprint density at radius 2 is 2.12 bits per heavy atom. The summed E-state index contributed by atoms with van der Waals surface area (Å²) >= 11 is 2.67. The van der Waals surface area contributed by atoms with Crippen molar-refractivity contribution in [1.82, 2.24) is 25.4 Å². The Kier molecular flexibility index (Phi) is 6.53. The first-order valence-electron chi connectivity index (χ1n) is 9.88. The third-order valence-corrected chi connectivity index (χ3v) is 7.41. The van der Waals surface area contributed by atoms with Crippen LogP contribution < -0.4 is 5.32 Å². The Morgan fingerprint density at radius 3 is 2.78 bits per heavy atom. The Labute approximate surface area is 191 Å². The molecule has 2 aliphatic heterocycles. The van der Waals surface area contributed by atoms with Crippen LogP contribution in [0, 0.1) is 0 Å². The second kappa shape index (κ2) is 9.35. The number of β-lactam (4-membered cyclic amide) rings is 1. The van der Waals surface area contributed by atoms with Crippen LogP contribution in [-0.2, 0) is 20.8 Å². The van der Waals surface area contributed by atoms with Gasteiger partial charge in [0, 0.05) is 17.9 Å². The standard InChI is InChI=1S/C20H21N5O5S2/c1-2-12-21-20(24-23-12)32-9-11-8-31-18-13(17(28)25(18)14(11)19(29)30)22-16(27)15(26)10-6-4-3-5-7-10/h3-7,13,15,18,26H,2,8-9H2,1H3,(H,22,27)(H,29,30)(H,21,23,24)/t13?,15?,18-/m0/s1. The molecule has 2 aromatic rings. The maximum atomic E-state index is 12.7. The van der Waals surface area contributed by atoms with E-state index in [4.69, 9.17) is 0 Å². The number of aromatic amines is 1. The second-order valence-corrected chi connectivity index (χ2v) is 9.22. The summed E-state index contributed by atoms with van der Waals surface area (Å²) in [6, 6.07) is 7.49. The molecule has 32 heavy (non-hydrogen) atoms. The van der Waals surface area contributed by atoms with Crippen molar-refractivity contribution < 1.29 is 24.6 Å². The molecule has 0 aliphatic carbocycles. The predicted molar refractivity (Wildman–Crippen MR) is 118 cm³/mol. The molecule has 2 unspecified atom stereocenters. The van der Waals surface area contributed by atoms with Gasteiger partial charge in [-0.2, -0.15) is 0 Å². The number of carboxylic acids is 1. The summed E-state index contributed by atoms with van der Waals surface area (Å²) < 4.78 is 0. The number of thioether (sulfide) groups is 2. The number of aliphatic hydroxyl groups is 1. The average molecular weight is 476 g/mol. The number of carbonyl (C=O) groups excluding carboxylic acids is 2. The van der Waals surface area contributed by atoms with Crippen LogP contribution in [0.25, 0.3) is 0 Å². The molecular weight excluding hydrogens is 454 g/mol. The lowest BCUT2D eigenvalue weighted by Gasteiger charge is -2.49. The van der Waals surface area contributed by atoms with Crippen molar-refractivity contribution in [2.45, 2.75) is 36.0 Å². The zero-order valence-corrected chi connectivity index (χ0v) is 18.7. The number of aliphatic hydroxyl groups excluding tert-OH is 1. The van der Waals surface area contributed by atoms with Gasteiger partial charge in [0.1, 0.15) is 22.9 Å². The number of benzene rings is 1. The number of fused-ring (bicyclic) bond motifs is 1. The van der Waals surface area contributed by atoms with E-state index >= 15 is 0 Å². The maximum Gasteiger partial charge on any atom is 0.352 e. The number of carboxylic acid groups (broad SMARTS) is 1. The molecule has 168 valence electrons. The van der Waals surface area contributed by atoms with Crippen LogP contribution in [0.5, 0.6) is 0 Å². The first-order chi connectivity index (χ1) is 15.4. The number of nitrogens with one attached hydrogen (secondary N) is 2. The molecule has 4 rings (SSSR count).